The van der Waals surface area contributed by atoms with Crippen LogP contribution in [0.5, 0.6) is 11.5 Å². The van der Waals surface area contributed by atoms with Crippen molar-refractivity contribution in [2.45, 2.75) is 53.4 Å². The van der Waals surface area contributed by atoms with E-state index in [1.54, 1.807) is 13.2 Å². The lowest BCUT2D eigenvalue weighted by atomic mass is 9.92. The zero-order valence-electron chi connectivity index (χ0n) is 19.7. The number of para-hydroxylation sites is 2. The van der Waals surface area contributed by atoms with Gasteiger partial charge in [-0.15, -0.1) is 0 Å². The molecule has 0 aliphatic carbocycles. The molecule has 0 aliphatic heterocycles. The van der Waals surface area contributed by atoms with Gasteiger partial charge in [-0.1, -0.05) is 64.1 Å². The van der Waals surface area contributed by atoms with Crippen LogP contribution >= 0.6 is 0 Å². The fourth-order valence-electron chi connectivity index (χ4n) is 4.03. The quantitative estimate of drug-likeness (QED) is 0.418. The van der Waals surface area contributed by atoms with Gasteiger partial charge in [0, 0.05) is 22.4 Å². The first-order valence-corrected chi connectivity index (χ1v) is 10.9. The molecule has 0 radical (unpaired) electrons. The maximum Gasteiger partial charge on any atom is 0.135 e. The number of methoxy groups -OCH3 is 1. The summed E-state index contributed by atoms with van der Waals surface area (Å²) in [5.41, 5.74) is 8.09. The van der Waals surface area contributed by atoms with Crippen molar-refractivity contribution in [3.63, 3.8) is 0 Å². The molecule has 0 saturated carbocycles. The molecule has 31 heavy (non-hydrogen) atoms. The number of hydrogen-bond acceptors (Lipinski definition) is 3. The van der Waals surface area contributed by atoms with Crippen molar-refractivity contribution in [2.24, 2.45) is 4.99 Å². The van der Waals surface area contributed by atoms with Crippen molar-refractivity contribution in [3.05, 3.63) is 76.9 Å². The average molecular weight is 416 g/mol. The maximum atomic E-state index is 10.4. The van der Waals surface area contributed by atoms with Gasteiger partial charge in [0.1, 0.15) is 11.5 Å². The Kier molecular flexibility index (Phi) is 6.84. The van der Waals surface area contributed by atoms with Crippen LogP contribution in [-0.4, -0.2) is 17.9 Å². The summed E-state index contributed by atoms with van der Waals surface area (Å²) >= 11 is 0. The summed E-state index contributed by atoms with van der Waals surface area (Å²) in [5, 5.41) is 10.4. The van der Waals surface area contributed by atoms with Gasteiger partial charge in [0.05, 0.1) is 12.8 Å². The molecule has 1 N–H and O–H groups in total. The molecule has 0 saturated heterocycles. The molecule has 3 nitrogen and oxygen atoms in total. The largest absolute Gasteiger partial charge is 0.507 e. The smallest absolute Gasteiger partial charge is 0.135 e. The predicted molar refractivity (Wildman–Crippen MR) is 131 cm³/mol. The minimum absolute atomic E-state index is 0.235. The highest BCUT2D eigenvalue weighted by molar-refractivity contribution is 6.05. The van der Waals surface area contributed by atoms with E-state index in [9.17, 15) is 5.11 Å². The molecule has 3 aromatic carbocycles. The summed E-state index contributed by atoms with van der Waals surface area (Å²) in [4.78, 5) is 5.15. The van der Waals surface area contributed by atoms with Gasteiger partial charge in [-0.05, 0) is 60.6 Å². The Morgan fingerprint density at radius 3 is 2.03 bits per heavy atom. The standard InChI is InChI=1S/C28H33NO2/c1-17(2)21-12-10-13-22(18(3)4)27(21)29-20(6)24-15-19(5)16-25(28(24)31-7)23-11-8-9-14-26(23)30/h8-18,30H,1-7H3/b29-20+. The molecule has 0 atom stereocenters. The number of ether oxygens (including phenoxy) is 1. The Hall–Kier alpha value is -3.07. The second-order valence-corrected chi connectivity index (χ2v) is 8.70. The maximum absolute atomic E-state index is 10.4. The third kappa shape index (κ3) is 4.66. The third-order valence-corrected chi connectivity index (χ3v) is 5.64. The third-order valence-electron chi connectivity index (χ3n) is 5.64. The first-order chi connectivity index (χ1) is 14.7. The van der Waals surface area contributed by atoms with Crippen LogP contribution in [0, 0.1) is 6.92 Å². The first kappa shape index (κ1) is 22.6. The molecule has 0 amide bonds. The number of rotatable bonds is 6. The predicted octanol–water partition coefficient (Wildman–Crippen LogP) is 7.76. The van der Waals surface area contributed by atoms with Crippen LogP contribution in [0.4, 0.5) is 5.69 Å². The lowest BCUT2D eigenvalue weighted by Crippen LogP contribution is -2.03. The zero-order valence-corrected chi connectivity index (χ0v) is 19.7. The number of aryl methyl sites for hydroxylation is 1. The van der Waals surface area contributed by atoms with Crippen LogP contribution in [0.3, 0.4) is 0 Å². The molecule has 0 heterocycles. The molecule has 3 heteroatoms. The van der Waals surface area contributed by atoms with Gasteiger partial charge in [0.25, 0.3) is 0 Å². The van der Waals surface area contributed by atoms with E-state index in [1.165, 1.54) is 11.1 Å². The van der Waals surface area contributed by atoms with Crippen LogP contribution < -0.4 is 4.74 Å². The van der Waals surface area contributed by atoms with Crippen LogP contribution in [0.1, 0.15) is 68.7 Å². The molecule has 3 rings (SSSR count). The number of hydrogen-bond donors (Lipinski definition) is 1. The molecule has 0 aromatic heterocycles. The highest BCUT2D eigenvalue weighted by Gasteiger charge is 2.18. The van der Waals surface area contributed by atoms with Crippen molar-refractivity contribution in [1.82, 2.24) is 0 Å². The monoisotopic (exact) mass is 415 g/mol. The van der Waals surface area contributed by atoms with E-state index in [0.717, 1.165) is 39.4 Å². The van der Waals surface area contributed by atoms with Crippen LogP contribution in [0.15, 0.2) is 59.6 Å². The summed E-state index contributed by atoms with van der Waals surface area (Å²) in [6.45, 7) is 12.9. The molecule has 0 fully saturated rings. The van der Waals surface area contributed by atoms with Crippen molar-refractivity contribution in [3.8, 4) is 22.6 Å². The first-order valence-electron chi connectivity index (χ1n) is 10.9. The van der Waals surface area contributed by atoms with Crippen LogP contribution in [-0.2, 0) is 0 Å². The fourth-order valence-corrected chi connectivity index (χ4v) is 4.03. The van der Waals surface area contributed by atoms with Gasteiger partial charge in [0.15, 0.2) is 0 Å². The molecule has 3 aromatic rings. The zero-order chi connectivity index (χ0) is 22.7. The number of aliphatic imine (C=N–C) groups is 1. The van der Waals surface area contributed by atoms with Gasteiger partial charge < -0.3 is 9.84 Å². The molecule has 0 bridgehead atoms. The number of aromatic hydroxyl groups is 1. The molecule has 0 spiro atoms. The number of phenols is 1. The van der Waals surface area contributed by atoms with Gasteiger partial charge in [0.2, 0.25) is 0 Å². The summed E-state index contributed by atoms with van der Waals surface area (Å²) in [6.07, 6.45) is 0. The lowest BCUT2D eigenvalue weighted by Gasteiger charge is -2.19. The Bertz CT molecular complexity index is 1080. The van der Waals surface area contributed by atoms with Crippen LogP contribution in [0.2, 0.25) is 0 Å². The highest BCUT2D eigenvalue weighted by atomic mass is 16.5. The summed E-state index contributed by atoms with van der Waals surface area (Å²) in [7, 11) is 1.67. The Balaban J connectivity index is 2.26. The van der Waals surface area contributed by atoms with E-state index in [1.807, 2.05) is 31.2 Å². The van der Waals surface area contributed by atoms with Gasteiger partial charge in [-0.3, -0.25) is 4.99 Å². The van der Waals surface area contributed by atoms with E-state index < -0.39 is 0 Å². The van der Waals surface area contributed by atoms with Crippen molar-refractivity contribution < 1.29 is 9.84 Å². The van der Waals surface area contributed by atoms with Gasteiger partial charge in [-0.2, -0.15) is 0 Å². The molecule has 0 aliphatic rings. The van der Waals surface area contributed by atoms with Crippen molar-refractivity contribution >= 4 is 11.4 Å². The lowest BCUT2D eigenvalue weighted by molar-refractivity contribution is 0.415. The second kappa shape index (κ2) is 9.38. The Labute approximate surface area is 186 Å². The highest BCUT2D eigenvalue weighted by Crippen LogP contribution is 2.40. The van der Waals surface area contributed by atoms with Crippen LogP contribution in [0.25, 0.3) is 11.1 Å². The normalized spacial score (nSPS) is 12.0. The molecular formula is C28H33NO2. The van der Waals surface area contributed by atoms with Crippen molar-refractivity contribution in [2.75, 3.05) is 7.11 Å². The number of benzene rings is 3. The molecular weight excluding hydrogens is 382 g/mol. The summed E-state index contributed by atoms with van der Waals surface area (Å²) in [5.74, 6) is 1.71. The van der Waals surface area contributed by atoms with E-state index >= 15 is 0 Å². The van der Waals surface area contributed by atoms with Gasteiger partial charge in [-0.25, -0.2) is 0 Å². The number of phenolic OH excluding ortho intramolecular Hbond substituents is 1. The summed E-state index contributed by atoms with van der Waals surface area (Å²) in [6, 6.07) is 18.0. The Morgan fingerprint density at radius 1 is 0.871 bits per heavy atom. The molecule has 0 unspecified atom stereocenters. The van der Waals surface area contributed by atoms with E-state index in [0.29, 0.717) is 11.8 Å². The fraction of sp³-hybridized carbons (Fsp3) is 0.321. The van der Waals surface area contributed by atoms with E-state index in [-0.39, 0.29) is 5.75 Å². The van der Waals surface area contributed by atoms with E-state index in [4.69, 9.17) is 9.73 Å². The number of nitrogens with zero attached hydrogens (tertiary/aromatic N) is 1. The minimum Gasteiger partial charge on any atom is -0.507 e. The SMILES string of the molecule is COc1c(/C(C)=N/c2c(C(C)C)cccc2C(C)C)cc(C)cc1-c1ccccc1O. The topological polar surface area (TPSA) is 41.8 Å². The summed E-state index contributed by atoms with van der Waals surface area (Å²) < 4.78 is 5.86. The van der Waals surface area contributed by atoms with Gasteiger partial charge >= 0.3 is 0 Å². The van der Waals surface area contributed by atoms with Crippen molar-refractivity contribution in [1.29, 1.82) is 0 Å². The van der Waals surface area contributed by atoms with E-state index in [2.05, 4.69) is 58.9 Å². The average Bonchev–Trinajstić information content (AvgIpc) is 2.73. The molecule has 162 valence electrons. The Morgan fingerprint density at radius 2 is 1.48 bits per heavy atom. The second-order valence-electron chi connectivity index (χ2n) is 8.70. The minimum atomic E-state index is 0.235.